The highest BCUT2D eigenvalue weighted by molar-refractivity contribution is 5.53. The summed E-state index contributed by atoms with van der Waals surface area (Å²) in [6.07, 6.45) is -45.4. The summed E-state index contributed by atoms with van der Waals surface area (Å²) in [5.74, 6) is 0. The van der Waals surface area contributed by atoms with Gasteiger partial charge in [-0.25, -0.2) is 0 Å². The zero-order valence-electron chi connectivity index (χ0n) is 16.8. The van der Waals surface area contributed by atoms with Gasteiger partial charge in [0.05, 0.1) is 0 Å². The third-order valence-corrected chi connectivity index (χ3v) is 4.99. The van der Waals surface area contributed by atoms with Gasteiger partial charge in [0.25, 0.3) is 16.8 Å². The Bertz CT molecular complexity index is 963. The van der Waals surface area contributed by atoms with Crippen molar-refractivity contribution in [1.82, 2.24) is 0 Å². The van der Waals surface area contributed by atoms with E-state index >= 15 is 0 Å². The minimum absolute atomic E-state index is 0.265. The summed E-state index contributed by atoms with van der Waals surface area (Å²) < 4.78 is 241. The van der Waals surface area contributed by atoms with Crippen LogP contribution in [0.1, 0.15) is 22.3 Å². The molecule has 0 spiro atoms. The van der Waals surface area contributed by atoms with Crippen LogP contribution in [0.3, 0.4) is 0 Å². The van der Waals surface area contributed by atoms with E-state index in [-0.39, 0.29) is 6.92 Å². The molecule has 216 valence electrons. The lowest BCUT2D eigenvalue weighted by Gasteiger charge is -2.43. The number of benzene rings is 1. The summed E-state index contributed by atoms with van der Waals surface area (Å²) in [6.45, 7) is -0.265. The van der Waals surface area contributed by atoms with Gasteiger partial charge >= 0.3 is 37.1 Å². The van der Waals surface area contributed by atoms with Gasteiger partial charge in [-0.2, -0.15) is 79.0 Å². The van der Waals surface area contributed by atoms with Crippen molar-refractivity contribution in [2.75, 3.05) is 0 Å². The Labute approximate surface area is 190 Å². The molecule has 0 heterocycles. The summed E-state index contributed by atoms with van der Waals surface area (Å²) in [5, 5.41) is 28.3. The van der Waals surface area contributed by atoms with E-state index < -0.39 is 88.2 Å². The van der Waals surface area contributed by atoms with Crippen LogP contribution in [0.25, 0.3) is 0 Å². The minimum atomic E-state index is -7.71. The van der Waals surface area contributed by atoms with E-state index in [1.54, 1.807) is 0 Å². The topological polar surface area (TPSA) is 60.7 Å². The van der Waals surface area contributed by atoms with E-state index in [0.29, 0.717) is 0 Å². The van der Waals surface area contributed by atoms with Crippen LogP contribution >= 0.6 is 0 Å². The first kappa shape index (κ1) is 32.9. The highest BCUT2D eigenvalue weighted by Crippen LogP contribution is 2.62. The Morgan fingerprint density at radius 2 is 0.649 bits per heavy atom. The Morgan fingerprint density at radius 1 is 0.405 bits per heavy atom. The number of alkyl halides is 18. The van der Waals surface area contributed by atoms with Crippen LogP contribution in [-0.4, -0.2) is 52.4 Å². The van der Waals surface area contributed by atoms with Crippen molar-refractivity contribution in [2.24, 2.45) is 0 Å². The molecule has 37 heavy (non-hydrogen) atoms. The Balaban J connectivity index is 4.93. The third-order valence-electron chi connectivity index (χ3n) is 4.99. The van der Waals surface area contributed by atoms with Crippen molar-refractivity contribution in [3.8, 4) is 0 Å². The van der Waals surface area contributed by atoms with Crippen molar-refractivity contribution in [3.05, 3.63) is 34.4 Å². The molecule has 0 aliphatic rings. The van der Waals surface area contributed by atoms with Crippen LogP contribution in [0.15, 0.2) is 12.1 Å². The van der Waals surface area contributed by atoms with Crippen LogP contribution < -0.4 is 0 Å². The highest BCUT2D eigenvalue weighted by atomic mass is 19.4. The Morgan fingerprint density at radius 3 is 0.892 bits per heavy atom. The van der Waals surface area contributed by atoms with E-state index in [4.69, 9.17) is 0 Å². The number of aliphatic hydroxyl groups is 3. The highest BCUT2D eigenvalue weighted by Gasteiger charge is 2.81. The molecular formula is C16H8F18O3. The smallest absolute Gasteiger partial charge is 0.369 e. The van der Waals surface area contributed by atoms with Gasteiger partial charge in [-0.3, -0.25) is 0 Å². The first-order valence-corrected chi connectivity index (χ1v) is 8.48. The molecule has 1 aromatic carbocycles. The first-order chi connectivity index (χ1) is 15.8. The molecule has 0 unspecified atom stereocenters. The largest absolute Gasteiger partial charge is 0.430 e. The number of aryl methyl sites for hydroxylation is 1. The van der Waals surface area contributed by atoms with Gasteiger partial charge < -0.3 is 15.3 Å². The predicted molar refractivity (Wildman–Crippen MR) is 79.2 cm³/mol. The maximum Gasteiger partial charge on any atom is 0.430 e. The molecule has 1 rings (SSSR count). The maximum absolute atomic E-state index is 13.5. The molecule has 0 aliphatic heterocycles. The van der Waals surface area contributed by atoms with Gasteiger partial charge in [-0.1, -0.05) is 12.1 Å². The predicted octanol–water partition coefficient (Wildman–Crippen LogP) is 5.93. The van der Waals surface area contributed by atoms with Crippen LogP contribution in [0.2, 0.25) is 0 Å². The summed E-state index contributed by atoms with van der Waals surface area (Å²) in [5.41, 5.74) is -36.2. The quantitative estimate of drug-likeness (QED) is 0.383. The molecule has 1 aromatic rings. The van der Waals surface area contributed by atoms with Gasteiger partial charge in [-0.15, -0.1) is 0 Å². The van der Waals surface area contributed by atoms with Gasteiger partial charge in [0.2, 0.25) is 0 Å². The summed E-state index contributed by atoms with van der Waals surface area (Å²) in [6, 6.07) is -1.86. The summed E-state index contributed by atoms with van der Waals surface area (Å²) >= 11 is 0. The molecule has 0 saturated carbocycles. The van der Waals surface area contributed by atoms with E-state index in [2.05, 4.69) is 0 Å². The molecule has 0 aliphatic carbocycles. The molecule has 0 fully saturated rings. The number of halogens is 18. The van der Waals surface area contributed by atoms with Gasteiger partial charge in [0.15, 0.2) is 0 Å². The molecule has 0 saturated heterocycles. The van der Waals surface area contributed by atoms with E-state index in [9.17, 15) is 94.3 Å². The zero-order chi connectivity index (χ0) is 30.2. The second-order valence-corrected chi connectivity index (χ2v) is 7.30. The lowest BCUT2D eigenvalue weighted by Crippen LogP contribution is -2.62. The number of rotatable bonds is 3. The summed E-state index contributed by atoms with van der Waals surface area (Å²) in [7, 11) is 0. The third kappa shape index (κ3) is 4.55. The van der Waals surface area contributed by atoms with Gasteiger partial charge in [-0.05, 0) is 12.5 Å². The Kier molecular flexibility index (Phi) is 7.48. The molecule has 0 bridgehead atoms. The second-order valence-electron chi connectivity index (χ2n) is 7.30. The van der Waals surface area contributed by atoms with Crippen LogP contribution in [0.4, 0.5) is 79.0 Å². The van der Waals surface area contributed by atoms with Crippen molar-refractivity contribution in [3.63, 3.8) is 0 Å². The average Bonchev–Trinajstić information content (AvgIpc) is 2.60. The fourth-order valence-electron chi connectivity index (χ4n) is 3.20. The van der Waals surface area contributed by atoms with E-state index in [0.717, 1.165) is 0 Å². The van der Waals surface area contributed by atoms with E-state index in [1.807, 2.05) is 0 Å². The monoisotopic (exact) mass is 590 g/mol. The lowest BCUT2D eigenvalue weighted by molar-refractivity contribution is -0.393. The van der Waals surface area contributed by atoms with Crippen LogP contribution in [0, 0.1) is 6.92 Å². The Hall–Kier alpha value is -2.16. The first-order valence-electron chi connectivity index (χ1n) is 8.48. The van der Waals surface area contributed by atoms with Crippen molar-refractivity contribution < 1.29 is 94.3 Å². The van der Waals surface area contributed by atoms with Crippen LogP contribution in [0.5, 0.6) is 0 Å². The van der Waals surface area contributed by atoms with E-state index in [1.165, 1.54) is 0 Å². The number of hydrogen-bond donors (Lipinski definition) is 3. The SMILES string of the molecule is Cc1ccc(C(O)(C(F)(F)F)C(F)(F)F)c(C(O)(C(F)(F)F)C(F)(F)F)c1C(O)(C(F)(F)F)C(F)(F)F. The molecule has 3 N–H and O–H groups in total. The molecular weight excluding hydrogens is 582 g/mol. The van der Waals surface area contributed by atoms with Gasteiger partial charge in [0.1, 0.15) is 0 Å². The minimum Gasteiger partial charge on any atom is -0.369 e. The zero-order valence-corrected chi connectivity index (χ0v) is 16.8. The summed E-state index contributed by atoms with van der Waals surface area (Å²) in [4.78, 5) is 0. The normalized spacial score (nSPS) is 15.8. The molecule has 0 aromatic heterocycles. The fraction of sp³-hybridized carbons (Fsp3) is 0.625. The molecule has 21 heteroatoms. The maximum atomic E-state index is 13.5. The average molecular weight is 590 g/mol. The molecule has 3 nitrogen and oxygen atoms in total. The van der Waals surface area contributed by atoms with Gasteiger partial charge in [0, 0.05) is 16.7 Å². The van der Waals surface area contributed by atoms with Crippen molar-refractivity contribution in [1.29, 1.82) is 0 Å². The van der Waals surface area contributed by atoms with Crippen molar-refractivity contribution in [2.45, 2.75) is 60.8 Å². The lowest BCUT2D eigenvalue weighted by atomic mass is 9.72. The van der Waals surface area contributed by atoms with Crippen molar-refractivity contribution >= 4 is 0 Å². The molecule has 0 atom stereocenters. The van der Waals surface area contributed by atoms with Crippen LogP contribution in [-0.2, 0) is 16.8 Å². The fourth-order valence-corrected chi connectivity index (χ4v) is 3.20. The molecule has 0 radical (unpaired) electrons. The molecule has 0 amide bonds. The standard InChI is InChI=1S/C16H8F18O3/c1-4-2-3-5(8(35,11(17,18)19)12(20,21)22)7(10(37,15(29,30)31)16(32,33)34)6(4)9(36,13(23,24)25)14(26,27)28/h2-3,35-37H,1H3. The second kappa shape index (κ2) is 8.42. The number of hydrogen-bond acceptors (Lipinski definition) is 3.